The summed E-state index contributed by atoms with van der Waals surface area (Å²) < 4.78 is 52.6. The van der Waals surface area contributed by atoms with Crippen molar-refractivity contribution in [3.8, 4) is 5.69 Å². The van der Waals surface area contributed by atoms with E-state index in [2.05, 4.69) is 15.3 Å². The Morgan fingerprint density at radius 2 is 1.79 bits per heavy atom. The fourth-order valence-electron chi connectivity index (χ4n) is 3.60. The SMILES string of the molecule is CC(C)n1c(=O)n(-c2ccc(F)c(N)c2)c2c(N)nc(Nc3ccc(C[SH](=O)=O)cc3F)nc21. The molecule has 0 amide bonds. The second-order valence-electron chi connectivity index (χ2n) is 7.82. The van der Waals surface area contributed by atoms with Crippen LogP contribution in [0.25, 0.3) is 16.9 Å². The molecule has 0 aliphatic rings. The number of fused-ring (bicyclic) bond motifs is 1. The average molecular weight is 490 g/mol. The molecule has 0 saturated carbocycles. The Balaban J connectivity index is 1.86. The molecule has 13 heteroatoms. The van der Waals surface area contributed by atoms with Crippen LogP contribution in [0.2, 0.25) is 0 Å². The molecule has 0 fully saturated rings. The van der Waals surface area contributed by atoms with E-state index in [-0.39, 0.29) is 51.8 Å². The predicted molar refractivity (Wildman–Crippen MR) is 126 cm³/mol. The Morgan fingerprint density at radius 1 is 1.06 bits per heavy atom. The minimum Gasteiger partial charge on any atom is -0.396 e. The van der Waals surface area contributed by atoms with Crippen LogP contribution < -0.4 is 22.5 Å². The molecule has 2 aromatic heterocycles. The van der Waals surface area contributed by atoms with Gasteiger partial charge in [-0.3, -0.25) is 9.13 Å². The molecule has 0 radical (unpaired) electrons. The van der Waals surface area contributed by atoms with Gasteiger partial charge in [-0.05, 0) is 49.7 Å². The van der Waals surface area contributed by atoms with Crippen LogP contribution in [0.15, 0.2) is 41.2 Å². The van der Waals surface area contributed by atoms with E-state index in [1.54, 1.807) is 13.8 Å². The number of nitrogens with two attached hydrogens (primary N) is 2. The van der Waals surface area contributed by atoms with Crippen LogP contribution in [0.4, 0.5) is 31.9 Å². The number of thiol groups is 1. The van der Waals surface area contributed by atoms with Crippen molar-refractivity contribution < 1.29 is 17.2 Å². The quantitative estimate of drug-likeness (QED) is 0.238. The van der Waals surface area contributed by atoms with Gasteiger partial charge in [0.25, 0.3) is 0 Å². The third-order valence-electron chi connectivity index (χ3n) is 5.09. The molecule has 0 aliphatic carbocycles. The number of hydrogen-bond acceptors (Lipinski definition) is 8. The fraction of sp³-hybridized carbons (Fsp3) is 0.190. The Hall–Kier alpha value is -4.00. The predicted octanol–water partition coefficient (Wildman–Crippen LogP) is 2.46. The fourth-order valence-corrected chi connectivity index (χ4v) is 4.09. The highest BCUT2D eigenvalue weighted by Crippen LogP contribution is 2.27. The molecular formula is C21H21F2N7O3S. The molecule has 4 aromatic rings. The van der Waals surface area contributed by atoms with Gasteiger partial charge in [-0.2, -0.15) is 9.97 Å². The van der Waals surface area contributed by atoms with E-state index >= 15 is 0 Å². The van der Waals surface area contributed by atoms with Gasteiger partial charge in [-0.25, -0.2) is 22.0 Å². The largest absolute Gasteiger partial charge is 0.396 e. The summed E-state index contributed by atoms with van der Waals surface area (Å²) in [6.45, 7) is 3.55. The Morgan fingerprint density at radius 3 is 2.41 bits per heavy atom. The van der Waals surface area contributed by atoms with Crippen molar-refractivity contribution in [2.75, 3.05) is 16.8 Å². The van der Waals surface area contributed by atoms with Crippen molar-refractivity contribution in [2.45, 2.75) is 25.6 Å². The van der Waals surface area contributed by atoms with Crippen LogP contribution in [-0.2, 0) is 16.5 Å². The molecule has 4 rings (SSSR count). The molecular weight excluding hydrogens is 468 g/mol. The monoisotopic (exact) mass is 489 g/mol. The summed E-state index contributed by atoms with van der Waals surface area (Å²) >= 11 is 0. The number of benzene rings is 2. The maximum absolute atomic E-state index is 14.5. The van der Waals surface area contributed by atoms with E-state index in [1.165, 1.54) is 33.4 Å². The molecule has 0 bridgehead atoms. The highest BCUT2D eigenvalue weighted by atomic mass is 32.2. The van der Waals surface area contributed by atoms with Gasteiger partial charge >= 0.3 is 5.69 Å². The van der Waals surface area contributed by atoms with Crippen molar-refractivity contribution in [2.24, 2.45) is 0 Å². The van der Waals surface area contributed by atoms with Gasteiger partial charge in [-0.15, -0.1) is 0 Å². The van der Waals surface area contributed by atoms with Crippen LogP contribution in [-0.4, -0.2) is 27.5 Å². The molecule has 2 aromatic carbocycles. The van der Waals surface area contributed by atoms with E-state index in [9.17, 15) is 22.0 Å². The van der Waals surface area contributed by atoms with Crippen LogP contribution in [0, 0.1) is 11.6 Å². The minimum atomic E-state index is -2.70. The number of imidazole rings is 1. The number of nitrogen functional groups attached to an aromatic ring is 2. The first kappa shape index (κ1) is 23.2. The lowest BCUT2D eigenvalue weighted by Crippen LogP contribution is -2.24. The summed E-state index contributed by atoms with van der Waals surface area (Å²) in [5, 5.41) is 2.71. The average Bonchev–Trinajstić information content (AvgIpc) is 3.04. The zero-order valence-electron chi connectivity index (χ0n) is 18.1. The normalized spacial score (nSPS) is 11.6. The van der Waals surface area contributed by atoms with Gasteiger partial charge in [0.15, 0.2) is 11.5 Å². The lowest BCUT2D eigenvalue weighted by atomic mass is 10.2. The van der Waals surface area contributed by atoms with Crippen molar-refractivity contribution in [3.05, 3.63) is 64.1 Å². The van der Waals surface area contributed by atoms with Crippen molar-refractivity contribution >= 4 is 45.0 Å². The van der Waals surface area contributed by atoms with Gasteiger partial charge in [0, 0.05) is 6.04 Å². The molecule has 0 unspecified atom stereocenters. The van der Waals surface area contributed by atoms with E-state index in [0.717, 1.165) is 12.1 Å². The summed E-state index contributed by atoms with van der Waals surface area (Å²) in [7, 11) is -2.70. The smallest absolute Gasteiger partial charge is 0.335 e. The van der Waals surface area contributed by atoms with E-state index in [4.69, 9.17) is 11.5 Å². The Bertz CT molecular complexity index is 1550. The summed E-state index contributed by atoms with van der Waals surface area (Å²) in [6.07, 6.45) is 0. The Labute approximate surface area is 193 Å². The van der Waals surface area contributed by atoms with Crippen LogP contribution in [0.5, 0.6) is 0 Å². The Kier molecular flexibility index (Phi) is 5.96. The van der Waals surface area contributed by atoms with Crippen molar-refractivity contribution in [1.82, 2.24) is 19.1 Å². The highest BCUT2D eigenvalue weighted by Gasteiger charge is 2.22. The maximum atomic E-state index is 14.5. The summed E-state index contributed by atoms with van der Waals surface area (Å²) in [6, 6.07) is 7.40. The van der Waals surface area contributed by atoms with Gasteiger partial charge in [0.05, 0.1) is 22.8 Å². The van der Waals surface area contributed by atoms with Gasteiger partial charge in [0.1, 0.15) is 27.9 Å². The number of hydrogen-bond donors (Lipinski definition) is 4. The second kappa shape index (κ2) is 8.74. The summed E-state index contributed by atoms with van der Waals surface area (Å²) in [4.78, 5) is 21.8. The zero-order valence-corrected chi connectivity index (χ0v) is 19.0. The molecule has 10 nitrogen and oxygen atoms in total. The van der Waals surface area contributed by atoms with Crippen LogP contribution in [0.3, 0.4) is 0 Å². The van der Waals surface area contributed by atoms with Gasteiger partial charge in [-0.1, -0.05) is 6.07 Å². The minimum absolute atomic E-state index is 0.00666. The number of nitrogens with zero attached hydrogens (tertiary/aromatic N) is 4. The number of aromatic nitrogens is 4. The second-order valence-corrected chi connectivity index (χ2v) is 8.80. The lowest BCUT2D eigenvalue weighted by Gasteiger charge is -2.10. The van der Waals surface area contributed by atoms with Crippen LogP contribution in [0.1, 0.15) is 25.5 Å². The standard InChI is InChI=1S/C21H21F2N7O3S/c1-10(2)29-19-17(30(21(29)31)12-4-5-13(22)15(24)8-12)18(25)27-20(28-19)26-16-6-3-11(7-14(16)23)9-34(32)33/h3-8,10,34H,9,24H2,1-2H3,(H3,25,26,27,28). The lowest BCUT2D eigenvalue weighted by molar-refractivity contribution is 0.586. The number of nitrogens with one attached hydrogen (secondary N) is 1. The zero-order chi connectivity index (χ0) is 24.7. The molecule has 0 atom stereocenters. The molecule has 0 aliphatic heterocycles. The molecule has 0 saturated heterocycles. The molecule has 178 valence electrons. The summed E-state index contributed by atoms with van der Waals surface area (Å²) in [5.74, 6) is -1.78. The topological polar surface area (TPSA) is 151 Å². The van der Waals surface area contributed by atoms with Crippen molar-refractivity contribution in [1.29, 1.82) is 0 Å². The highest BCUT2D eigenvalue weighted by molar-refractivity contribution is 7.71. The first-order chi connectivity index (χ1) is 16.1. The third kappa shape index (κ3) is 4.17. The first-order valence-corrected chi connectivity index (χ1v) is 11.5. The van der Waals surface area contributed by atoms with E-state index < -0.39 is 28.0 Å². The van der Waals surface area contributed by atoms with Crippen molar-refractivity contribution in [3.63, 3.8) is 0 Å². The van der Waals surface area contributed by atoms with Gasteiger partial charge < -0.3 is 16.8 Å². The van der Waals surface area contributed by atoms with Crippen LogP contribution >= 0.6 is 0 Å². The number of rotatable bonds is 6. The molecule has 34 heavy (non-hydrogen) atoms. The first-order valence-electron chi connectivity index (χ1n) is 10.1. The number of anilines is 4. The molecule has 0 spiro atoms. The van der Waals surface area contributed by atoms with E-state index in [1.807, 2.05) is 0 Å². The molecule has 2 heterocycles. The summed E-state index contributed by atoms with van der Waals surface area (Å²) in [5.41, 5.74) is 12.2. The number of halogens is 2. The third-order valence-corrected chi connectivity index (χ3v) is 5.71. The molecule has 5 N–H and O–H groups in total. The maximum Gasteiger partial charge on any atom is 0.335 e. The van der Waals surface area contributed by atoms with E-state index in [0.29, 0.717) is 5.56 Å². The van der Waals surface area contributed by atoms with Gasteiger partial charge in [0.2, 0.25) is 5.95 Å².